The zero-order valence-corrected chi connectivity index (χ0v) is 8.86. The molecule has 13 heavy (non-hydrogen) atoms. The van der Waals surface area contributed by atoms with Crippen molar-refractivity contribution in [2.75, 3.05) is 25.2 Å². The van der Waals surface area contributed by atoms with Crippen LogP contribution in [0.3, 0.4) is 0 Å². The lowest BCUT2D eigenvalue weighted by molar-refractivity contribution is 0.218. The van der Waals surface area contributed by atoms with Gasteiger partial charge in [0.25, 0.3) is 0 Å². The van der Waals surface area contributed by atoms with Gasteiger partial charge in [0.2, 0.25) is 0 Å². The number of thioether (sulfide) groups is 1. The molecule has 0 aliphatic carbocycles. The number of hydrogen-bond donors (Lipinski definition) is 1. The number of anilines is 1. The van der Waals surface area contributed by atoms with Gasteiger partial charge in [-0.3, -0.25) is 0 Å². The molecule has 0 saturated carbocycles. The highest BCUT2D eigenvalue weighted by atomic mass is 32.2. The van der Waals surface area contributed by atoms with Crippen LogP contribution in [0.1, 0.15) is 5.56 Å². The summed E-state index contributed by atoms with van der Waals surface area (Å²) in [5.41, 5.74) is 7.78. The molecule has 0 amide bonds. The summed E-state index contributed by atoms with van der Waals surface area (Å²) in [4.78, 5) is 1.21. The predicted molar refractivity (Wildman–Crippen MR) is 58.2 cm³/mol. The molecule has 2 N–H and O–H groups in total. The first-order valence-electron chi connectivity index (χ1n) is 4.22. The first kappa shape index (κ1) is 10.4. The molecule has 1 aromatic carbocycles. The van der Waals surface area contributed by atoms with E-state index < -0.39 is 0 Å². The molecule has 0 bridgehead atoms. The van der Waals surface area contributed by atoms with E-state index in [9.17, 15) is 0 Å². The van der Waals surface area contributed by atoms with Gasteiger partial charge in [-0.15, -0.1) is 11.8 Å². The molecule has 0 spiro atoms. The van der Waals surface area contributed by atoms with Gasteiger partial charge < -0.3 is 10.5 Å². The van der Waals surface area contributed by atoms with Gasteiger partial charge in [0.15, 0.2) is 0 Å². The van der Waals surface area contributed by atoms with Gasteiger partial charge in [-0.1, -0.05) is 6.07 Å². The van der Waals surface area contributed by atoms with Gasteiger partial charge in [-0.05, 0) is 24.6 Å². The molecular weight excluding hydrogens is 182 g/mol. The second-order valence-corrected chi connectivity index (χ2v) is 4.03. The van der Waals surface area contributed by atoms with E-state index in [1.54, 1.807) is 18.9 Å². The Morgan fingerprint density at radius 1 is 1.46 bits per heavy atom. The van der Waals surface area contributed by atoms with Crippen molar-refractivity contribution in [2.45, 2.75) is 11.8 Å². The Morgan fingerprint density at radius 2 is 2.23 bits per heavy atom. The molecule has 1 rings (SSSR count). The minimum Gasteiger partial charge on any atom is -0.398 e. The Morgan fingerprint density at radius 3 is 2.85 bits per heavy atom. The van der Waals surface area contributed by atoms with Crippen molar-refractivity contribution < 1.29 is 4.74 Å². The molecule has 2 nitrogen and oxygen atoms in total. The standard InChI is InChI=1S/C10H15NOS/c1-8-3-4-9(7-10(8)11)13-6-5-12-2/h3-4,7H,5-6,11H2,1-2H3. The van der Waals surface area contributed by atoms with Gasteiger partial charge in [0.05, 0.1) is 6.61 Å². The lowest BCUT2D eigenvalue weighted by Crippen LogP contribution is -1.93. The van der Waals surface area contributed by atoms with E-state index >= 15 is 0 Å². The summed E-state index contributed by atoms with van der Waals surface area (Å²) in [5, 5.41) is 0. The Labute approximate surface area is 83.5 Å². The van der Waals surface area contributed by atoms with Crippen molar-refractivity contribution in [3.8, 4) is 0 Å². The van der Waals surface area contributed by atoms with E-state index in [0.29, 0.717) is 0 Å². The first-order chi connectivity index (χ1) is 6.24. The summed E-state index contributed by atoms with van der Waals surface area (Å²) in [6.07, 6.45) is 0. The second-order valence-electron chi connectivity index (χ2n) is 2.86. The van der Waals surface area contributed by atoms with E-state index in [-0.39, 0.29) is 0 Å². The highest BCUT2D eigenvalue weighted by Gasteiger charge is 1.96. The highest BCUT2D eigenvalue weighted by molar-refractivity contribution is 7.99. The zero-order valence-electron chi connectivity index (χ0n) is 8.04. The van der Waals surface area contributed by atoms with Crippen LogP contribution in [-0.4, -0.2) is 19.5 Å². The van der Waals surface area contributed by atoms with E-state index in [1.807, 2.05) is 19.1 Å². The maximum absolute atomic E-state index is 5.78. The topological polar surface area (TPSA) is 35.2 Å². The average molecular weight is 197 g/mol. The zero-order chi connectivity index (χ0) is 9.68. The number of nitrogen functional groups attached to an aromatic ring is 1. The van der Waals surface area contributed by atoms with E-state index in [1.165, 1.54) is 4.90 Å². The number of ether oxygens (including phenoxy) is 1. The van der Waals surface area contributed by atoms with Crippen molar-refractivity contribution in [1.82, 2.24) is 0 Å². The van der Waals surface area contributed by atoms with Gasteiger partial charge in [0, 0.05) is 23.4 Å². The number of methoxy groups -OCH3 is 1. The third-order valence-electron chi connectivity index (χ3n) is 1.81. The lowest BCUT2D eigenvalue weighted by atomic mass is 10.2. The van der Waals surface area contributed by atoms with Crippen LogP contribution in [0.5, 0.6) is 0 Å². The molecule has 0 unspecified atom stereocenters. The normalized spacial score (nSPS) is 10.3. The Bertz CT molecular complexity index is 276. The predicted octanol–water partition coefficient (Wildman–Crippen LogP) is 2.32. The van der Waals surface area contributed by atoms with Crippen LogP contribution in [0.25, 0.3) is 0 Å². The van der Waals surface area contributed by atoms with Gasteiger partial charge in [-0.2, -0.15) is 0 Å². The van der Waals surface area contributed by atoms with Crippen LogP contribution in [0.15, 0.2) is 23.1 Å². The smallest absolute Gasteiger partial charge is 0.0556 e. The Balaban J connectivity index is 2.53. The van der Waals surface area contributed by atoms with E-state index in [0.717, 1.165) is 23.6 Å². The summed E-state index contributed by atoms with van der Waals surface area (Å²) in [6, 6.07) is 6.14. The van der Waals surface area contributed by atoms with E-state index in [2.05, 4.69) is 6.07 Å². The number of aryl methyl sites for hydroxylation is 1. The molecule has 0 radical (unpaired) electrons. The minimum atomic E-state index is 0.776. The van der Waals surface area contributed by atoms with Crippen LogP contribution >= 0.6 is 11.8 Å². The molecular formula is C10H15NOS. The fourth-order valence-electron chi connectivity index (χ4n) is 0.951. The summed E-state index contributed by atoms with van der Waals surface area (Å²) in [5.74, 6) is 0.971. The average Bonchev–Trinajstić information content (AvgIpc) is 2.12. The SMILES string of the molecule is COCCSc1ccc(C)c(N)c1. The molecule has 3 heteroatoms. The monoisotopic (exact) mass is 197 g/mol. The molecule has 0 saturated heterocycles. The van der Waals surface area contributed by atoms with Crippen LogP contribution in [0.4, 0.5) is 5.69 Å². The summed E-state index contributed by atoms with van der Waals surface area (Å²) in [6.45, 7) is 2.79. The minimum absolute atomic E-state index is 0.776. The van der Waals surface area contributed by atoms with Crippen LogP contribution in [0, 0.1) is 6.92 Å². The number of nitrogens with two attached hydrogens (primary N) is 1. The molecule has 72 valence electrons. The fraction of sp³-hybridized carbons (Fsp3) is 0.400. The van der Waals surface area contributed by atoms with Crippen molar-refractivity contribution in [2.24, 2.45) is 0 Å². The highest BCUT2D eigenvalue weighted by Crippen LogP contribution is 2.22. The number of benzene rings is 1. The summed E-state index contributed by atoms with van der Waals surface area (Å²) >= 11 is 1.76. The Kier molecular flexibility index (Phi) is 4.12. The molecule has 0 heterocycles. The number of rotatable bonds is 4. The van der Waals surface area contributed by atoms with Crippen molar-refractivity contribution in [3.05, 3.63) is 23.8 Å². The lowest BCUT2D eigenvalue weighted by Gasteiger charge is -2.04. The molecule has 0 fully saturated rings. The fourth-order valence-corrected chi connectivity index (χ4v) is 1.81. The Hall–Kier alpha value is -0.670. The van der Waals surface area contributed by atoms with Crippen LogP contribution in [-0.2, 0) is 4.74 Å². The molecule has 0 aliphatic heterocycles. The number of hydrogen-bond acceptors (Lipinski definition) is 3. The molecule has 0 aliphatic rings. The largest absolute Gasteiger partial charge is 0.398 e. The summed E-state index contributed by atoms with van der Waals surface area (Å²) < 4.78 is 4.97. The van der Waals surface area contributed by atoms with Crippen molar-refractivity contribution >= 4 is 17.4 Å². The van der Waals surface area contributed by atoms with Gasteiger partial charge in [0.1, 0.15) is 0 Å². The van der Waals surface area contributed by atoms with Crippen molar-refractivity contribution in [1.29, 1.82) is 0 Å². The molecule has 0 aromatic heterocycles. The summed E-state index contributed by atoms with van der Waals surface area (Å²) in [7, 11) is 1.71. The maximum atomic E-state index is 5.78. The quantitative estimate of drug-likeness (QED) is 0.457. The van der Waals surface area contributed by atoms with Gasteiger partial charge in [-0.25, -0.2) is 0 Å². The molecule has 1 aromatic rings. The maximum Gasteiger partial charge on any atom is 0.0556 e. The van der Waals surface area contributed by atoms with Crippen LogP contribution in [0.2, 0.25) is 0 Å². The van der Waals surface area contributed by atoms with E-state index in [4.69, 9.17) is 10.5 Å². The first-order valence-corrected chi connectivity index (χ1v) is 5.20. The third kappa shape index (κ3) is 3.28. The van der Waals surface area contributed by atoms with Crippen molar-refractivity contribution in [3.63, 3.8) is 0 Å². The molecule has 0 atom stereocenters. The third-order valence-corrected chi connectivity index (χ3v) is 2.76. The van der Waals surface area contributed by atoms with Crippen LogP contribution < -0.4 is 5.73 Å². The second kappa shape index (κ2) is 5.14. The van der Waals surface area contributed by atoms with Gasteiger partial charge >= 0.3 is 0 Å².